The van der Waals surface area contributed by atoms with E-state index >= 15 is 0 Å². The van der Waals surface area contributed by atoms with E-state index in [9.17, 15) is 13.5 Å². The van der Waals surface area contributed by atoms with E-state index in [1.165, 1.54) is 12.4 Å². The predicted octanol–water partition coefficient (Wildman–Crippen LogP) is 0.0943. The van der Waals surface area contributed by atoms with Gasteiger partial charge in [0.25, 0.3) is 0 Å². The van der Waals surface area contributed by atoms with E-state index in [1.54, 1.807) is 30.7 Å². The molecule has 7 nitrogen and oxygen atoms in total. The maximum atomic E-state index is 12.3. The third kappa shape index (κ3) is 2.87. The number of hydrogen-bond donors (Lipinski definition) is 2. The molecule has 0 bridgehead atoms. The normalized spacial score (nSPS) is 11.8. The molecule has 0 amide bonds. The van der Waals surface area contributed by atoms with Gasteiger partial charge in [0.1, 0.15) is 12.2 Å². The van der Waals surface area contributed by atoms with Crippen molar-refractivity contribution in [1.29, 1.82) is 0 Å². The third-order valence-corrected chi connectivity index (χ3v) is 4.63. The Morgan fingerprint density at radius 3 is 2.75 bits per heavy atom. The molecule has 0 saturated heterocycles. The molecule has 0 fully saturated rings. The van der Waals surface area contributed by atoms with Crippen LogP contribution in [0.5, 0.6) is 0 Å². The molecule has 20 heavy (non-hydrogen) atoms. The van der Waals surface area contributed by atoms with E-state index in [2.05, 4.69) is 14.9 Å². The predicted molar refractivity (Wildman–Crippen MR) is 72.1 cm³/mol. The van der Waals surface area contributed by atoms with Crippen molar-refractivity contribution < 1.29 is 13.5 Å². The average Bonchev–Trinajstić information content (AvgIpc) is 2.82. The second-order valence-corrected chi connectivity index (χ2v) is 6.12. The average molecular weight is 296 g/mol. The third-order valence-electron chi connectivity index (χ3n) is 3.08. The van der Waals surface area contributed by atoms with Gasteiger partial charge in [-0.1, -0.05) is 12.1 Å². The molecular formula is C12H16N4O3S. The summed E-state index contributed by atoms with van der Waals surface area (Å²) >= 11 is 0. The Morgan fingerprint density at radius 2 is 2.15 bits per heavy atom. The van der Waals surface area contributed by atoms with Crippen molar-refractivity contribution in [2.75, 3.05) is 0 Å². The van der Waals surface area contributed by atoms with Crippen molar-refractivity contribution in [1.82, 2.24) is 19.5 Å². The van der Waals surface area contributed by atoms with Crippen molar-refractivity contribution in [3.63, 3.8) is 0 Å². The summed E-state index contributed by atoms with van der Waals surface area (Å²) in [5.41, 5.74) is 1.13. The number of aliphatic hydroxyl groups excluding tert-OH is 1. The van der Waals surface area contributed by atoms with Crippen LogP contribution in [0.3, 0.4) is 0 Å². The quantitative estimate of drug-likeness (QED) is 0.815. The van der Waals surface area contributed by atoms with Crippen LogP contribution in [0.1, 0.15) is 17.0 Å². The van der Waals surface area contributed by atoms with Crippen molar-refractivity contribution in [2.24, 2.45) is 7.05 Å². The molecule has 0 saturated carbocycles. The number of hydrogen-bond acceptors (Lipinski definition) is 5. The summed E-state index contributed by atoms with van der Waals surface area (Å²) in [5.74, 6) is 0.518. The van der Waals surface area contributed by atoms with E-state index < -0.39 is 10.0 Å². The fourth-order valence-corrected chi connectivity index (χ4v) is 3.09. The van der Waals surface area contributed by atoms with Crippen molar-refractivity contribution in [3.05, 3.63) is 41.5 Å². The molecule has 0 aliphatic heterocycles. The fraction of sp³-hybridized carbons (Fsp3) is 0.333. The summed E-state index contributed by atoms with van der Waals surface area (Å²) in [4.78, 5) is 0.159. The van der Waals surface area contributed by atoms with Gasteiger partial charge in [-0.25, -0.2) is 13.1 Å². The number of nitrogens with zero attached hydrogens (tertiary/aromatic N) is 3. The van der Waals surface area contributed by atoms with Crippen LogP contribution in [-0.2, 0) is 30.2 Å². The Bertz CT molecular complexity index is 709. The number of nitrogens with one attached hydrogen (secondary N) is 1. The molecule has 2 aromatic rings. The summed E-state index contributed by atoms with van der Waals surface area (Å²) in [6.45, 7) is 1.53. The Kier molecular flexibility index (Phi) is 4.17. The zero-order valence-electron chi connectivity index (χ0n) is 11.2. The summed E-state index contributed by atoms with van der Waals surface area (Å²) in [5, 5.41) is 16.7. The first-order valence-electron chi connectivity index (χ1n) is 5.97. The lowest BCUT2D eigenvalue weighted by Gasteiger charge is -2.11. The molecule has 2 rings (SSSR count). The molecule has 1 heterocycles. The van der Waals surface area contributed by atoms with Crippen molar-refractivity contribution in [2.45, 2.75) is 25.0 Å². The molecule has 1 aromatic carbocycles. The van der Waals surface area contributed by atoms with Crippen LogP contribution in [-0.4, -0.2) is 28.3 Å². The minimum Gasteiger partial charge on any atom is -0.392 e. The number of aromatic nitrogens is 3. The van der Waals surface area contributed by atoms with Gasteiger partial charge in [0.15, 0.2) is 0 Å². The Balaban J connectivity index is 2.25. The van der Waals surface area contributed by atoms with Crippen LogP contribution in [0.15, 0.2) is 29.4 Å². The van der Waals surface area contributed by atoms with Crippen LogP contribution < -0.4 is 4.72 Å². The highest BCUT2D eigenvalue weighted by molar-refractivity contribution is 7.89. The van der Waals surface area contributed by atoms with Crippen LogP contribution in [0.2, 0.25) is 0 Å². The highest BCUT2D eigenvalue weighted by Gasteiger charge is 2.18. The molecule has 0 aliphatic rings. The molecule has 0 aliphatic carbocycles. The maximum absolute atomic E-state index is 12.3. The van der Waals surface area contributed by atoms with Gasteiger partial charge in [0.2, 0.25) is 10.0 Å². The van der Waals surface area contributed by atoms with Crippen LogP contribution in [0, 0.1) is 6.92 Å². The van der Waals surface area contributed by atoms with E-state index in [0.29, 0.717) is 17.0 Å². The molecule has 8 heteroatoms. The van der Waals surface area contributed by atoms with Gasteiger partial charge in [-0.15, -0.1) is 10.2 Å². The highest BCUT2D eigenvalue weighted by Crippen LogP contribution is 2.19. The molecule has 1 aromatic heterocycles. The summed E-state index contributed by atoms with van der Waals surface area (Å²) < 4.78 is 28.7. The summed E-state index contributed by atoms with van der Waals surface area (Å²) in [6, 6.07) is 4.81. The minimum atomic E-state index is -3.66. The first kappa shape index (κ1) is 14.6. The van der Waals surface area contributed by atoms with Crippen molar-refractivity contribution in [3.8, 4) is 0 Å². The lowest BCUT2D eigenvalue weighted by atomic mass is 10.1. The highest BCUT2D eigenvalue weighted by atomic mass is 32.2. The van der Waals surface area contributed by atoms with Crippen molar-refractivity contribution >= 4 is 10.0 Å². The second kappa shape index (κ2) is 5.70. The summed E-state index contributed by atoms with van der Waals surface area (Å²) in [6.07, 6.45) is 1.50. The van der Waals surface area contributed by atoms with Gasteiger partial charge in [-0.3, -0.25) is 0 Å². The minimum absolute atomic E-state index is 0.0572. The maximum Gasteiger partial charge on any atom is 0.241 e. The van der Waals surface area contributed by atoms with Gasteiger partial charge in [-0.05, 0) is 24.1 Å². The number of aryl methyl sites for hydroxylation is 1. The summed E-state index contributed by atoms with van der Waals surface area (Å²) in [7, 11) is -1.92. The van der Waals surface area contributed by atoms with E-state index in [0.717, 1.165) is 0 Å². The van der Waals surface area contributed by atoms with Crippen LogP contribution >= 0.6 is 0 Å². The Morgan fingerprint density at radius 1 is 1.40 bits per heavy atom. The van der Waals surface area contributed by atoms with E-state index in [4.69, 9.17) is 0 Å². The van der Waals surface area contributed by atoms with E-state index in [1.807, 2.05) is 0 Å². The largest absolute Gasteiger partial charge is 0.392 e. The molecule has 0 spiro atoms. The first-order valence-corrected chi connectivity index (χ1v) is 7.46. The topological polar surface area (TPSA) is 97.1 Å². The lowest BCUT2D eigenvalue weighted by Crippen LogP contribution is -2.25. The lowest BCUT2D eigenvalue weighted by molar-refractivity contribution is 0.280. The zero-order chi connectivity index (χ0) is 14.8. The van der Waals surface area contributed by atoms with Gasteiger partial charge in [0.05, 0.1) is 18.0 Å². The Labute approximate surface area is 117 Å². The van der Waals surface area contributed by atoms with Gasteiger partial charge in [0, 0.05) is 7.05 Å². The van der Waals surface area contributed by atoms with Gasteiger partial charge < -0.3 is 9.67 Å². The van der Waals surface area contributed by atoms with Gasteiger partial charge >= 0.3 is 0 Å². The van der Waals surface area contributed by atoms with Crippen LogP contribution in [0.25, 0.3) is 0 Å². The number of sulfonamides is 1. The monoisotopic (exact) mass is 296 g/mol. The SMILES string of the molecule is Cc1c(CO)cccc1S(=O)(=O)NCc1nncn1C. The second-order valence-electron chi connectivity index (χ2n) is 4.38. The molecule has 0 unspecified atom stereocenters. The number of aliphatic hydroxyl groups is 1. The zero-order valence-corrected chi connectivity index (χ0v) is 12.1. The Hall–Kier alpha value is -1.77. The number of rotatable bonds is 5. The molecule has 2 N–H and O–H groups in total. The standard InChI is InChI=1S/C12H16N4O3S/c1-9-10(7-17)4-3-5-11(9)20(18,19)14-6-12-15-13-8-16(12)2/h3-5,8,14,17H,6-7H2,1-2H3. The fourth-order valence-electron chi connectivity index (χ4n) is 1.83. The number of benzene rings is 1. The van der Waals surface area contributed by atoms with E-state index in [-0.39, 0.29) is 18.0 Å². The molecule has 108 valence electrons. The first-order chi connectivity index (χ1) is 9.45. The molecular weight excluding hydrogens is 280 g/mol. The smallest absolute Gasteiger partial charge is 0.241 e. The van der Waals surface area contributed by atoms with Gasteiger partial charge in [-0.2, -0.15) is 0 Å². The molecule has 0 atom stereocenters. The van der Waals surface area contributed by atoms with Crippen LogP contribution in [0.4, 0.5) is 0 Å². The molecule has 0 radical (unpaired) electrons.